The van der Waals surface area contributed by atoms with E-state index in [0.717, 1.165) is 25.8 Å². The third-order valence-corrected chi connectivity index (χ3v) is 4.17. The molecule has 0 amide bonds. The van der Waals surface area contributed by atoms with Gasteiger partial charge in [0.05, 0.1) is 18.3 Å². The van der Waals surface area contributed by atoms with Gasteiger partial charge >= 0.3 is 0 Å². The summed E-state index contributed by atoms with van der Waals surface area (Å²) in [5.41, 5.74) is 4.17. The lowest BCUT2D eigenvalue weighted by Gasteiger charge is -2.34. The van der Waals surface area contributed by atoms with Crippen molar-refractivity contribution < 1.29 is 0 Å². The van der Waals surface area contributed by atoms with Gasteiger partial charge in [0, 0.05) is 6.20 Å². The van der Waals surface area contributed by atoms with Crippen molar-refractivity contribution in [3.63, 3.8) is 0 Å². The van der Waals surface area contributed by atoms with Crippen molar-refractivity contribution in [2.45, 2.75) is 45.2 Å². The molecule has 20 heavy (non-hydrogen) atoms. The minimum absolute atomic E-state index is 0.374. The molecule has 0 radical (unpaired) electrons. The molecule has 0 bridgehead atoms. The van der Waals surface area contributed by atoms with Crippen LogP contribution in [0.25, 0.3) is 0 Å². The molecule has 1 aliphatic rings. The van der Waals surface area contributed by atoms with Crippen LogP contribution in [0.2, 0.25) is 0 Å². The number of benzene rings is 1. The molecule has 3 heteroatoms. The van der Waals surface area contributed by atoms with Crippen molar-refractivity contribution in [1.82, 2.24) is 15.1 Å². The molecule has 2 atom stereocenters. The lowest BCUT2D eigenvalue weighted by Crippen LogP contribution is -2.34. The molecule has 0 saturated carbocycles. The molecular formula is C17H23N3. The van der Waals surface area contributed by atoms with E-state index in [1.54, 1.807) is 0 Å². The van der Waals surface area contributed by atoms with Crippen LogP contribution in [0.4, 0.5) is 0 Å². The first-order valence-corrected chi connectivity index (χ1v) is 7.61. The fraction of sp³-hybridized carbons (Fsp3) is 0.471. The fourth-order valence-corrected chi connectivity index (χ4v) is 3.19. The molecule has 106 valence electrons. The summed E-state index contributed by atoms with van der Waals surface area (Å²) in [5, 5.41) is 8.27. The molecule has 1 aromatic heterocycles. The number of hydrogen-bond donors (Lipinski definition) is 1. The summed E-state index contributed by atoms with van der Waals surface area (Å²) in [6, 6.07) is 9.63. The molecule has 0 fully saturated rings. The van der Waals surface area contributed by atoms with Gasteiger partial charge in [-0.3, -0.25) is 4.68 Å². The number of aromatic nitrogens is 2. The van der Waals surface area contributed by atoms with Crippen molar-refractivity contribution in [3.05, 3.63) is 53.3 Å². The Bertz CT molecular complexity index is 573. The van der Waals surface area contributed by atoms with Gasteiger partial charge in [0.1, 0.15) is 0 Å². The lowest BCUT2D eigenvalue weighted by atomic mass is 9.84. The van der Waals surface area contributed by atoms with E-state index in [1.807, 2.05) is 6.20 Å². The van der Waals surface area contributed by atoms with Crippen molar-refractivity contribution in [2.75, 3.05) is 6.54 Å². The van der Waals surface area contributed by atoms with Crippen LogP contribution in [0.15, 0.2) is 36.7 Å². The summed E-state index contributed by atoms with van der Waals surface area (Å²) < 4.78 is 2.15. The zero-order valence-corrected chi connectivity index (χ0v) is 12.3. The zero-order valence-electron chi connectivity index (χ0n) is 12.3. The first-order chi connectivity index (χ1) is 9.79. The monoisotopic (exact) mass is 269 g/mol. The van der Waals surface area contributed by atoms with Gasteiger partial charge in [-0.25, -0.2) is 0 Å². The van der Waals surface area contributed by atoms with Gasteiger partial charge in [-0.2, -0.15) is 5.10 Å². The van der Waals surface area contributed by atoms with Crippen LogP contribution in [0.1, 0.15) is 48.5 Å². The first kappa shape index (κ1) is 13.4. The van der Waals surface area contributed by atoms with E-state index in [2.05, 4.69) is 59.4 Å². The van der Waals surface area contributed by atoms with Crippen LogP contribution in [0.3, 0.4) is 0 Å². The third kappa shape index (κ3) is 2.50. The minimum Gasteiger partial charge on any atom is -0.308 e. The second kappa shape index (κ2) is 5.80. The van der Waals surface area contributed by atoms with Crippen LogP contribution in [0, 0.1) is 6.92 Å². The van der Waals surface area contributed by atoms with Gasteiger partial charge in [0.25, 0.3) is 0 Å². The van der Waals surface area contributed by atoms with Gasteiger partial charge in [0.2, 0.25) is 0 Å². The Balaban J connectivity index is 1.94. The van der Waals surface area contributed by atoms with Crippen molar-refractivity contribution in [2.24, 2.45) is 0 Å². The maximum Gasteiger partial charge on any atom is 0.0717 e. The second-order valence-electron chi connectivity index (χ2n) is 5.73. The van der Waals surface area contributed by atoms with Gasteiger partial charge in [-0.15, -0.1) is 0 Å². The molecular weight excluding hydrogens is 246 g/mol. The molecule has 2 unspecified atom stereocenters. The highest BCUT2D eigenvalue weighted by atomic mass is 15.3. The van der Waals surface area contributed by atoms with Crippen LogP contribution in [-0.2, 0) is 6.42 Å². The van der Waals surface area contributed by atoms with E-state index in [4.69, 9.17) is 0 Å². The maximum atomic E-state index is 4.55. The predicted octanol–water partition coefficient (Wildman–Crippen LogP) is 3.42. The highest BCUT2D eigenvalue weighted by Gasteiger charge is 2.30. The quantitative estimate of drug-likeness (QED) is 0.921. The van der Waals surface area contributed by atoms with Gasteiger partial charge in [-0.05, 0) is 49.4 Å². The van der Waals surface area contributed by atoms with Crippen LogP contribution < -0.4 is 5.32 Å². The Labute approximate surface area is 121 Å². The molecule has 0 aliphatic heterocycles. The molecule has 2 aromatic rings. The number of nitrogens with zero attached hydrogens (tertiary/aromatic N) is 2. The average molecular weight is 269 g/mol. The Hall–Kier alpha value is -1.61. The molecule has 1 N–H and O–H groups in total. The van der Waals surface area contributed by atoms with Gasteiger partial charge in [-0.1, -0.05) is 31.2 Å². The van der Waals surface area contributed by atoms with E-state index in [9.17, 15) is 0 Å². The minimum atomic E-state index is 0.374. The number of rotatable bonds is 4. The summed E-state index contributed by atoms with van der Waals surface area (Å²) in [5.74, 6) is 0. The first-order valence-electron chi connectivity index (χ1n) is 7.61. The largest absolute Gasteiger partial charge is 0.308 e. The Morgan fingerprint density at radius 2 is 2.20 bits per heavy atom. The highest BCUT2D eigenvalue weighted by Crippen LogP contribution is 2.37. The molecule has 3 nitrogen and oxygen atoms in total. The van der Waals surface area contributed by atoms with E-state index in [1.165, 1.54) is 16.7 Å². The van der Waals surface area contributed by atoms with E-state index in [-0.39, 0.29) is 0 Å². The van der Waals surface area contributed by atoms with Crippen molar-refractivity contribution >= 4 is 0 Å². The Kier molecular flexibility index (Phi) is 3.88. The number of aryl methyl sites for hydroxylation is 2. The van der Waals surface area contributed by atoms with E-state index < -0.39 is 0 Å². The Morgan fingerprint density at radius 3 is 2.95 bits per heavy atom. The van der Waals surface area contributed by atoms with Gasteiger partial charge in [0.15, 0.2) is 0 Å². The average Bonchev–Trinajstić information content (AvgIpc) is 2.91. The van der Waals surface area contributed by atoms with E-state index in [0.29, 0.717) is 12.1 Å². The summed E-state index contributed by atoms with van der Waals surface area (Å²) in [6.07, 6.45) is 7.57. The standard InChI is InChI=1S/C17H23N3/c1-3-10-18-17-15-7-5-4-6-14(15)8-9-16(17)20-12-13(2)11-19-20/h4-7,11-12,16-18H,3,8-10H2,1-2H3. The maximum absolute atomic E-state index is 4.55. The van der Waals surface area contributed by atoms with Crippen molar-refractivity contribution in [1.29, 1.82) is 0 Å². The Morgan fingerprint density at radius 1 is 1.35 bits per heavy atom. The molecule has 1 aromatic carbocycles. The summed E-state index contributed by atoms with van der Waals surface area (Å²) in [6.45, 7) is 5.37. The number of fused-ring (bicyclic) bond motifs is 1. The molecule has 1 heterocycles. The van der Waals surface area contributed by atoms with E-state index >= 15 is 0 Å². The summed E-state index contributed by atoms with van der Waals surface area (Å²) in [7, 11) is 0. The second-order valence-corrected chi connectivity index (χ2v) is 5.73. The zero-order chi connectivity index (χ0) is 13.9. The molecule has 0 saturated heterocycles. The summed E-state index contributed by atoms with van der Waals surface area (Å²) >= 11 is 0. The SMILES string of the molecule is CCCNC1c2ccccc2CCC1n1cc(C)cn1. The van der Waals surface area contributed by atoms with Crippen LogP contribution >= 0.6 is 0 Å². The summed E-state index contributed by atoms with van der Waals surface area (Å²) in [4.78, 5) is 0. The number of hydrogen-bond acceptors (Lipinski definition) is 2. The smallest absolute Gasteiger partial charge is 0.0717 e. The van der Waals surface area contributed by atoms with Crippen molar-refractivity contribution in [3.8, 4) is 0 Å². The number of nitrogens with one attached hydrogen (secondary N) is 1. The molecule has 3 rings (SSSR count). The highest BCUT2D eigenvalue weighted by molar-refractivity contribution is 5.33. The van der Waals surface area contributed by atoms with Gasteiger partial charge < -0.3 is 5.32 Å². The lowest BCUT2D eigenvalue weighted by molar-refractivity contribution is 0.296. The third-order valence-electron chi connectivity index (χ3n) is 4.17. The molecule has 0 spiro atoms. The topological polar surface area (TPSA) is 29.9 Å². The molecule has 1 aliphatic carbocycles. The normalized spacial score (nSPS) is 21.7. The fourth-order valence-electron chi connectivity index (χ4n) is 3.19. The van der Waals surface area contributed by atoms with Crippen LogP contribution in [0.5, 0.6) is 0 Å². The van der Waals surface area contributed by atoms with Crippen LogP contribution in [-0.4, -0.2) is 16.3 Å². The predicted molar refractivity (Wildman–Crippen MR) is 81.8 cm³/mol.